The summed E-state index contributed by atoms with van der Waals surface area (Å²) in [6.45, 7) is 0. The molecule has 138 valence electrons. The standard InChI is InChI=1S/C19H16N2O5S/c1-23-11-6-4-9(8-13(11)24-2)16-17(25-3)15(22)14-12(26-16)7-5-10-18(14)27-19(20)21-10/h4-8H,1-3H3,(H2,20,21). The number of thiazole rings is 1. The summed E-state index contributed by atoms with van der Waals surface area (Å²) >= 11 is 1.24. The number of hydrogen-bond acceptors (Lipinski definition) is 8. The van der Waals surface area contributed by atoms with Crippen LogP contribution < -0.4 is 25.4 Å². The molecule has 2 aromatic carbocycles. The molecule has 0 aliphatic rings. The second-order valence-corrected chi connectivity index (χ2v) is 6.73. The van der Waals surface area contributed by atoms with E-state index in [1.54, 1.807) is 44.6 Å². The van der Waals surface area contributed by atoms with Gasteiger partial charge >= 0.3 is 0 Å². The lowest BCUT2D eigenvalue weighted by Crippen LogP contribution is -2.07. The minimum atomic E-state index is -0.280. The van der Waals surface area contributed by atoms with E-state index >= 15 is 0 Å². The van der Waals surface area contributed by atoms with E-state index in [0.717, 1.165) is 0 Å². The van der Waals surface area contributed by atoms with Crippen molar-refractivity contribution in [3.05, 3.63) is 40.6 Å². The third kappa shape index (κ3) is 2.65. The number of ether oxygens (including phenoxy) is 3. The van der Waals surface area contributed by atoms with Crippen LogP contribution in [-0.4, -0.2) is 26.3 Å². The first-order valence-corrected chi connectivity index (χ1v) is 8.81. The van der Waals surface area contributed by atoms with Crippen molar-refractivity contribution in [2.45, 2.75) is 0 Å². The molecule has 27 heavy (non-hydrogen) atoms. The van der Waals surface area contributed by atoms with Crippen molar-refractivity contribution in [2.75, 3.05) is 27.1 Å². The molecular formula is C19H16N2O5S. The summed E-state index contributed by atoms with van der Waals surface area (Å²) in [5.74, 6) is 1.51. The van der Waals surface area contributed by atoms with Crippen molar-refractivity contribution in [1.82, 2.24) is 4.98 Å². The Morgan fingerprint density at radius 3 is 2.52 bits per heavy atom. The Labute approximate surface area is 157 Å². The van der Waals surface area contributed by atoms with Crippen molar-refractivity contribution in [3.8, 4) is 28.6 Å². The molecule has 2 N–H and O–H groups in total. The van der Waals surface area contributed by atoms with Gasteiger partial charge in [0.25, 0.3) is 0 Å². The number of hydrogen-bond donors (Lipinski definition) is 1. The Hall–Kier alpha value is -3.26. The molecule has 0 fully saturated rings. The average Bonchev–Trinajstić information content (AvgIpc) is 3.07. The maximum atomic E-state index is 13.2. The van der Waals surface area contributed by atoms with Crippen LogP contribution in [0, 0.1) is 0 Å². The van der Waals surface area contributed by atoms with Gasteiger partial charge < -0.3 is 24.4 Å². The molecule has 0 radical (unpaired) electrons. The third-order valence-electron chi connectivity index (χ3n) is 4.24. The van der Waals surface area contributed by atoms with Crippen LogP contribution >= 0.6 is 11.3 Å². The van der Waals surface area contributed by atoms with Gasteiger partial charge in [0.1, 0.15) is 5.58 Å². The highest BCUT2D eigenvalue weighted by molar-refractivity contribution is 7.23. The summed E-state index contributed by atoms with van der Waals surface area (Å²) in [5.41, 5.74) is 7.24. The lowest BCUT2D eigenvalue weighted by Gasteiger charge is -2.12. The summed E-state index contributed by atoms with van der Waals surface area (Å²) in [4.78, 5) is 17.4. The van der Waals surface area contributed by atoms with Crippen LogP contribution in [0.25, 0.3) is 32.5 Å². The zero-order valence-electron chi connectivity index (χ0n) is 14.9. The molecule has 0 saturated heterocycles. The average molecular weight is 384 g/mol. The number of benzene rings is 2. The zero-order chi connectivity index (χ0) is 19.1. The summed E-state index contributed by atoms with van der Waals surface area (Å²) in [7, 11) is 4.53. The molecule has 7 nitrogen and oxygen atoms in total. The van der Waals surface area contributed by atoms with E-state index in [9.17, 15) is 4.79 Å². The Balaban J connectivity index is 2.04. The topological polar surface area (TPSA) is 96.8 Å². The Morgan fingerprint density at radius 2 is 1.81 bits per heavy atom. The van der Waals surface area contributed by atoms with Crippen LogP contribution in [0.15, 0.2) is 39.5 Å². The van der Waals surface area contributed by atoms with Crippen molar-refractivity contribution in [3.63, 3.8) is 0 Å². The molecule has 4 rings (SSSR count). The quantitative estimate of drug-likeness (QED) is 0.573. The molecule has 0 atom stereocenters. The van der Waals surface area contributed by atoms with Crippen LogP contribution in [-0.2, 0) is 0 Å². The van der Waals surface area contributed by atoms with Crippen LogP contribution in [0.2, 0.25) is 0 Å². The van der Waals surface area contributed by atoms with Crippen LogP contribution in [0.1, 0.15) is 0 Å². The first kappa shape index (κ1) is 17.2. The van der Waals surface area contributed by atoms with Crippen LogP contribution in [0.4, 0.5) is 5.13 Å². The van der Waals surface area contributed by atoms with Gasteiger partial charge in [0, 0.05) is 5.56 Å². The first-order valence-electron chi connectivity index (χ1n) is 7.99. The molecule has 4 aromatic rings. The van der Waals surface area contributed by atoms with E-state index in [1.165, 1.54) is 18.4 Å². The van der Waals surface area contributed by atoms with Gasteiger partial charge in [-0.1, -0.05) is 11.3 Å². The Kier molecular flexibility index (Phi) is 4.12. The minimum Gasteiger partial charge on any atom is -0.493 e. The SMILES string of the molecule is COc1ccc(-c2oc3ccc4nc(N)sc4c3c(=O)c2OC)cc1OC. The normalized spacial score (nSPS) is 11.1. The molecule has 0 saturated carbocycles. The van der Waals surface area contributed by atoms with Crippen molar-refractivity contribution in [2.24, 2.45) is 0 Å². The van der Waals surface area contributed by atoms with Gasteiger partial charge in [-0.3, -0.25) is 4.79 Å². The van der Waals surface area contributed by atoms with E-state index in [-0.39, 0.29) is 11.2 Å². The number of fused-ring (bicyclic) bond motifs is 3. The molecule has 0 aliphatic carbocycles. The van der Waals surface area contributed by atoms with Gasteiger partial charge in [0.2, 0.25) is 11.2 Å². The summed E-state index contributed by atoms with van der Waals surface area (Å²) in [6.07, 6.45) is 0. The van der Waals surface area contributed by atoms with E-state index in [2.05, 4.69) is 4.98 Å². The van der Waals surface area contributed by atoms with Gasteiger partial charge in [-0.2, -0.15) is 0 Å². The van der Waals surface area contributed by atoms with Crippen molar-refractivity contribution >= 4 is 37.7 Å². The highest BCUT2D eigenvalue weighted by Gasteiger charge is 2.21. The molecule has 2 aromatic heterocycles. The van der Waals surface area contributed by atoms with Gasteiger partial charge in [-0.25, -0.2) is 4.98 Å². The second-order valence-electron chi connectivity index (χ2n) is 5.70. The largest absolute Gasteiger partial charge is 0.493 e. The lowest BCUT2D eigenvalue weighted by atomic mass is 10.1. The predicted octanol–water partition coefficient (Wildman–Crippen LogP) is 3.68. The summed E-state index contributed by atoms with van der Waals surface area (Å²) in [5, 5.41) is 0.794. The molecule has 0 unspecified atom stereocenters. The third-order valence-corrected chi connectivity index (χ3v) is 5.16. The molecule has 0 aliphatic heterocycles. The Bertz CT molecular complexity index is 1230. The highest BCUT2D eigenvalue weighted by Crippen LogP contribution is 2.38. The molecule has 2 heterocycles. The molecular weight excluding hydrogens is 368 g/mol. The summed E-state index contributed by atoms with van der Waals surface area (Å²) in [6, 6.07) is 8.73. The van der Waals surface area contributed by atoms with E-state index in [1.807, 2.05) is 0 Å². The predicted molar refractivity (Wildman–Crippen MR) is 105 cm³/mol. The van der Waals surface area contributed by atoms with Gasteiger partial charge in [0.05, 0.1) is 36.9 Å². The minimum absolute atomic E-state index is 0.106. The molecule has 0 bridgehead atoms. The monoisotopic (exact) mass is 384 g/mol. The number of rotatable bonds is 4. The molecule has 0 amide bonds. The number of nitrogens with zero attached hydrogens (tertiary/aromatic N) is 1. The second kappa shape index (κ2) is 6.48. The van der Waals surface area contributed by atoms with Crippen LogP contribution in [0.3, 0.4) is 0 Å². The highest BCUT2D eigenvalue weighted by atomic mass is 32.1. The maximum absolute atomic E-state index is 13.2. The fraction of sp³-hybridized carbons (Fsp3) is 0.158. The van der Waals surface area contributed by atoms with Gasteiger partial charge in [0.15, 0.2) is 22.4 Å². The van der Waals surface area contributed by atoms with E-state index in [4.69, 9.17) is 24.4 Å². The number of methoxy groups -OCH3 is 3. The van der Waals surface area contributed by atoms with Gasteiger partial charge in [-0.05, 0) is 30.3 Å². The zero-order valence-corrected chi connectivity index (χ0v) is 15.7. The number of nitrogen functional groups attached to an aromatic ring is 1. The lowest BCUT2D eigenvalue weighted by molar-refractivity contribution is 0.355. The summed E-state index contributed by atoms with van der Waals surface area (Å²) < 4.78 is 22.7. The number of aromatic nitrogens is 1. The number of nitrogens with two attached hydrogens (primary N) is 1. The fourth-order valence-corrected chi connectivity index (χ4v) is 3.88. The fourth-order valence-electron chi connectivity index (χ4n) is 3.02. The van der Waals surface area contributed by atoms with Crippen LogP contribution in [0.5, 0.6) is 17.2 Å². The maximum Gasteiger partial charge on any atom is 0.236 e. The van der Waals surface area contributed by atoms with Crippen molar-refractivity contribution in [1.29, 1.82) is 0 Å². The number of anilines is 1. The molecule has 0 spiro atoms. The Morgan fingerprint density at radius 1 is 1.04 bits per heavy atom. The smallest absolute Gasteiger partial charge is 0.236 e. The van der Waals surface area contributed by atoms with E-state index in [0.29, 0.717) is 49.1 Å². The molecule has 8 heteroatoms. The van der Waals surface area contributed by atoms with Gasteiger partial charge in [-0.15, -0.1) is 0 Å². The van der Waals surface area contributed by atoms with Crippen molar-refractivity contribution < 1.29 is 18.6 Å². The first-order chi connectivity index (χ1) is 13.1. The van der Waals surface area contributed by atoms with E-state index < -0.39 is 0 Å².